The van der Waals surface area contributed by atoms with Crippen LogP contribution in [0.25, 0.3) is 43.1 Å². The van der Waals surface area contributed by atoms with Crippen LogP contribution in [0.3, 0.4) is 0 Å². The smallest absolute Gasteiger partial charge is 0.161 e. The van der Waals surface area contributed by atoms with E-state index in [1.165, 1.54) is 291 Å². The van der Waals surface area contributed by atoms with Crippen LogP contribution in [0.15, 0.2) is 48.5 Å². The molecule has 498 valence electrons. The average molecular weight is 1220 g/mol. The zero-order valence-corrected chi connectivity index (χ0v) is 58.3. The SMILES string of the molecule is CCCCCCCCCCOc1cc2cc3c4cc(OCCCCCCCCCC)c(OCCCCCCCCCC)cc4c4cc(OCCCCCCCCCC)c(OCCCCCCCCCC)cc4c3cc2cc1OCCCCCCCCCC. The molecule has 88 heavy (non-hydrogen) atoms. The van der Waals surface area contributed by atoms with Crippen LogP contribution in [0.2, 0.25) is 0 Å². The van der Waals surface area contributed by atoms with Gasteiger partial charge in [0.05, 0.1) is 39.6 Å². The largest absolute Gasteiger partial charge is 0.490 e. The standard InChI is InChI=1S/C82H134O6/c1-7-13-19-25-31-37-43-49-55-83-77-63-69-61-71-72(62-70(69)64-78(77)84-56-50-44-38-32-26-20-14-8-2)74-66-80(86-58-52-46-40-34-28-22-16-10-4)82(88-60-54-48-42-36-30-24-18-12-6)68-76(74)75-67-81(87-59-53-47-41-35-29-23-17-11-5)79(65-73(71)75)85-57-51-45-39-33-27-21-15-9-3/h61-68H,7-60H2,1-6H3. The van der Waals surface area contributed by atoms with E-state index in [0.29, 0.717) is 39.6 Å². The summed E-state index contributed by atoms with van der Waals surface area (Å²) in [5, 5.41) is 9.39. The van der Waals surface area contributed by atoms with Crippen LogP contribution in [0, 0.1) is 0 Å². The monoisotopic (exact) mass is 1220 g/mol. The van der Waals surface area contributed by atoms with Gasteiger partial charge in [-0.2, -0.15) is 0 Å². The molecule has 0 bridgehead atoms. The Bertz CT molecular complexity index is 2340. The predicted molar refractivity (Wildman–Crippen MR) is 385 cm³/mol. The van der Waals surface area contributed by atoms with Crippen molar-refractivity contribution in [1.29, 1.82) is 0 Å². The highest BCUT2D eigenvalue weighted by Gasteiger charge is 2.20. The summed E-state index contributed by atoms with van der Waals surface area (Å²) in [4.78, 5) is 0. The minimum Gasteiger partial charge on any atom is -0.490 e. The van der Waals surface area contributed by atoms with Crippen LogP contribution in [0.5, 0.6) is 34.5 Å². The Morgan fingerprint density at radius 2 is 0.295 bits per heavy atom. The maximum Gasteiger partial charge on any atom is 0.161 e. The van der Waals surface area contributed by atoms with Crippen molar-refractivity contribution < 1.29 is 28.4 Å². The lowest BCUT2D eigenvalue weighted by molar-refractivity contribution is 0.258. The first kappa shape index (κ1) is 74.7. The van der Waals surface area contributed by atoms with E-state index in [4.69, 9.17) is 28.4 Å². The van der Waals surface area contributed by atoms with E-state index in [0.717, 1.165) is 94.6 Å². The fraction of sp³-hybridized carbons (Fsp3) is 0.732. The third-order valence-corrected chi connectivity index (χ3v) is 18.6. The van der Waals surface area contributed by atoms with Gasteiger partial charge in [0.2, 0.25) is 0 Å². The van der Waals surface area contributed by atoms with Crippen molar-refractivity contribution in [3.05, 3.63) is 48.5 Å². The molecule has 0 N–H and O–H groups in total. The summed E-state index contributed by atoms with van der Waals surface area (Å²) in [6.07, 6.45) is 60.9. The third kappa shape index (κ3) is 29.9. The lowest BCUT2D eigenvalue weighted by atomic mass is 9.91. The first-order valence-corrected chi connectivity index (χ1v) is 38.3. The zero-order chi connectivity index (χ0) is 62.2. The van der Waals surface area contributed by atoms with Crippen molar-refractivity contribution in [3.63, 3.8) is 0 Å². The lowest BCUT2D eigenvalue weighted by Crippen LogP contribution is -2.04. The number of benzene rings is 5. The molecule has 0 radical (unpaired) electrons. The number of unbranched alkanes of at least 4 members (excludes halogenated alkanes) is 42. The molecule has 0 atom stereocenters. The molecule has 5 aromatic carbocycles. The molecule has 0 aliphatic heterocycles. The number of ether oxygens (including phenoxy) is 6. The van der Waals surface area contributed by atoms with Gasteiger partial charge in [0.15, 0.2) is 34.5 Å². The Balaban J connectivity index is 1.60. The van der Waals surface area contributed by atoms with Gasteiger partial charge >= 0.3 is 0 Å². The van der Waals surface area contributed by atoms with Gasteiger partial charge < -0.3 is 28.4 Å². The van der Waals surface area contributed by atoms with Crippen molar-refractivity contribution in [1.82, 2.24) is 0 Å². The van der Waals surface area contributed by atoms with E-state index < -0.39 is 0 Å². The first-order chi connectivity index (χ1) is 43.6. The number of hydrogen-bond donors (Lipinski definition) is 0. The predicted octanol–water partition coefficient (Wildman–Crippen LogP) is 27.4. The van der Waals surface area contributed by atoms with E-state index in [2.05, 4.69) is 90.1 Å². The molecule has 0 saturated heterocycles. The van der Waals surface area contributed by atoms with Crippen LogP contribution < -0.4 is 28.4 Å². The Morgan fingerprint density at radius 3 is 0.466 bits per heavy atom. The summed E-state index contributed by atoms with van der Waals surface area (Å²) < 4.78 is 41.3. The minimum absolute atomic E-state index is 0.680. The average Bonchev–Trinajstić information content (AvgIpc) is 0.811. The summed E-state index contributed by atoms with van der Waals surface area (Å²) in [7, 11) is 0. The van der Waals surface area contributed by atoms with Crippen LogP contribution in [-0.4, -0.2) is 39.6 Å². The highest BCUT2D eigenvalue weighted by atomic mass is 16.5. The molecule has 0 fully saturated rings. The van der Waals surface area contributed by atoms with Crippen molar-refractivity contribution in [2.45, 2.75) is 350 Å². The van der Waals surface area contributed by atoms with Gasteiger partial charge in [-0.1, -0.05) is 311 Å². The van der Waals surface area contributed by atoms with E-state index in [1.54, 1.807) is 0 Å². The molecule has 0 heterocycles. The summed E-state index contributed by atoms with van der Waals surface area (Å²) in [5.74, 6) is 5.13. The summed E-state index contributed by atoms with van der Waals surface area (Å²) in [5.41, 5.74) is 0. The quantitative estimate of drug-likeness (QED) is 0.0220. The molecular weight excluding hydrogens is 1080 g/mol. The van der Waals surface area contributed by atoms with Gasteiger partial charge in [-0.05, 0) is 130 Å². The molecular formula is C82H134O6. The molecule has 6 nitrogen and oxygen atoms in total. The molecule has 0 unspecified atom stereocenters. The highest BCUT2D eigenvalue weighted by molar-refractivity contribution is 6.28. The molecule has 0 amide bonds. The van der Waals surface area contributed by atoms with E-state index in [1.807, 2.05) is 0 Å². The number of rotatable bonds is 60. The first-order valence-electron chi connectivity index (χ1n) is 38.3. The van der Waals surface area contributed by atoms with Gasteiger partial charge in [-0.25, -0.2) is 0 Å². The van der Waals surface area contributed by atoms with Gasteiger partial charge in [-0.3, -0.25) is 0 Å². The Morgan fingerprint density at radius 1 is 0.159 bits per heavy atom. The van der Waals surface area contributed by atoms with Gasteiger partial charge in [0.25, 0.3) is 0 Å². The Labute approximate surface area is 541 Å². The van der Waals surface area contributed by atoms with E-state index in [9.17, 15) is 0 Å². The molecule has 0 aromatic heterocycles. The van der Waals surface area contributed by atoms with Gasteiger partial charge in [0, 0.05) is 0 Å². The van der Waals surface area contributed by atoms with Gasteiger partial charge in [-0.15, -0.1) is 0 Å². The zero-order valence-electron chi connectivity index (χ0n) is 58.3. The Hall–Kier alpha value is -4.06. The fourth-order valence-electron chi connectivity index (χ4n) is 13.0. The summed E-state index contributed by atoms with van der Waals surface area (Å²) in [6.45, 7) is 17.9. The molecule has 5 rings (SSSR count). The highest BCUT2D eigenvalue weighted by Crippen LogP contribution is 2.47. The maximum absolute atomic E-state index is 6.93. The van der Waals surface area contributed by atoms with Crippen LogP contribution in [0.1, 0.15) is 350 Å². The minimum atomic E-state index is 0.680. The van der Waals surface area contributed by atoms with Crippen LogP contribution in [-0.2, 0) is 0 Å². The fourth-order valence-corrected chi connectivity index (χ4v) is 13.0. The summed E-state index contributed by atoms with van der Waals surface area (Å²) >= 11 is 0. The van der Waals surface area contributed by atoms with Crippen molar-refractivity contribution in [2.75, 3.05) is 39.6 Å². The third-order valence-electron chi connectivity index (χ3n) is 18.6. The van der Waals surface area contributed by atoms with E-state index in [-0.39, 0.29) is 0 Å². The number of hydrogen-bond acceptors (Lipinski definition) is 6. The van der Waals surface area contributed by atoms with Crippen LogP contribution >= 0.6 is 0 Å². The second-order valence-electron chi connectivity index (χ2n) is 26.7. The van der Waals surface area contributed by atoms with Crippen molar-refractivity contribution in [2.24, 2.45) is 0 Å². The second-order valence-corrected chi connectivity index (χ2v) is 26.7. The lowest BCUT2D eigenvalue weighted by Gasteiger charge is -2.20. The number of fused-ring (bicyclic) bond motifs is 7. The Kier molecular flexibility index (Phi) is 42.1. The molecule has 6 heteroatoms. The molecule has 5 aromatic rings. The maximum atomic E-state index is 6.93. The second kappa shape index (κ2) is 49.6. The molecule has 0 spiro atoms. The van der Waals surface area contributed by atoms with Gasteiger partial charge in [0.1, 0.15) is 0 Å². The summed E-state index contributed by atoms with van der Waals surface area (Å²) in [6, 6.07) is 18.7. The topological polar surface area (TPSA) is 55.4 Å². The van der Waals surface area contributed by atoms with Crippen molar-refractivity contribution in [3.8, 4) is 34.5 Å². The molecule has 0 aliphatic carbocycles. The van der Waals surface area contributed by atoms with Crippen molar-refractivity contribution >= 4 is 43.1 Å². The molecule has 0 saturated carbocycles. The molecule has 0 aliphatic rings. The van der Waals surface area contributed by atoms with Crippen LogP contribution in [0.4, 0.5) is 0 Å². The van der Waals surface area contributed by atoms with E-state index >= 15 is 0 Å². The normalized spacial score (nSPS) is 11.7.